The normalized spacial score (nSPS) is 18.4. The number of nitrogens with one attached hydrogen (secondary N) is 1. The molecule has 0 saturated carbocycles. The summed E-state index contributed by atoms with van der Waals surface area (Å²) in [5.41, 5.74) is 2.62. The van der Waals surface area contributed by atoms with Gasteiger partial charge in [0.1, 0.15) is 0 Å². The highest BCUT2D eigenvalue weighted by Gasteiger charge is 2.30. The Morgan fingerprint density at radius 3 is 2.77 bits per heavy atom. The van der Waals surface area contributed by atoms with E-state index < -0.39 is 0 Å². The average Bonchev–Trinajstić information content (AvgIpc) is 3.14. The Hall–Kier alpha value is -2.91. The predicted molar refractivity (Wildman–Crippen MR) is 98.4 cm³/mol. The second-order valence-corrected chi connectivity index (χ2v) is 7.03. The fraction of sp³-hybridized carbons (Fsp3) is 0.200. The maximum atomic E-state index is 12.2. The van der Waals surface area contributed by atoms with Crippen molar-refractivity contribution in [3.8, 4) is 17.6 Å². The molecule has 0 aliphatic carbocycles. The number of thioether (sulfide) groups is 1. The molecule has 6 heteroatoms. The van der Waals surface area contributed by atoms with E-state index in [1.54, 1.807) is 0 Å². The van der Waals surface area contributed by atoms with Gasteiger partial charge in [-0.3, -0.25) is 4.79 Å². The molecule has 0 radical (unpaired) electrons. The molecular weight excluding hydrogens is 348 g/mol. The van der Waals surface area contributed by atoms with Gasteiger partial charge in [-0.1, -0.05) is 36.4 Å². The zero-order valence-corrected chi connectivity index (χ0v) is 14.7. The summed E-state index contributed by atoms with van der Waals surface area (Å²) in [7, 11) is 0. The maximum Gasteiger partial charge on any atom is 0.231 e. The third-order valence-electron chi connectivity index (χ3n) is 4.38. The Labute approximate surface area is 155 Å². The van der Waals surface area contributed by atoms with Crippen LogP contribution in [0.4, 0.5) is 0 Å². The lowest BCUT2D eigenvalue weighted by Crippen LogP contribution is -2.30. The summed E-state index contributed by atoms with van der Waals surface area (Å²) >= 11 is 1.48. The quantitative estimate of drug-likeness (QED) is 0.896. The van der Waals surface area contributed by atoms with E-state index in [1.165, 1.54) is 11.8 Å². The molecule has 2 aromatic rings. The van der Waals surface area contributed by atoms with Crippen LogP contribution in [0.1, 0.15) is 23.5 Å². The minimum atomic E-state index is -0.276. The Kier molecular flexibility index (Phi) is 4.55. The first kappa shape index (κ1) is 16.6. The number of allylic oxidation sites excluding steroid dienone is 1. The fourth-order valence-electron chi connectivity index (χ4n) is 3.08. The maximum absolute atomic E-state index is 12.2. The van der Waals surface area contributed by atoms with E-state index in [-0.39, 0.29) is 25.0 Å². The molecule has 1 atom stereocenters. The van der Waals surface area contributed by atoms with Crippen molar-refractivity contribution in [2.24, 2.45) is 0 Å². The second-order valence-electron chi connectivity index (χ2n) is 6.05. The lowest BCUT2D eigenvalue weighted by Gasteiger charge is -2.25. The molecule has 2 aliphatic heterocycles. The van der Waals surface area contributed by atoms with Crippen molar-refractivity contribution in [1.29, 1.82) is 5.26 Å². The Morgan fingerprint density at radius 1 is 1.15 bits per heavy atom. The van der Waals surface area contributed by atoms with Crippen LogP contribution in [-0.2, 0) is 10.5 Å². The topological polar surface area (TPSA) is 71.4 Å². The average molecular weight is 364 g/mol. The molecule has 4 rings (SSSR count). The van der Waals surface area contributed by atoms with E-state index in [2.05, 4.69) is 11.4 Å². The smallest absolute Gasteiger partial charge is 0.231 e. The number of carbonyl (C=O) groups is 1. The number of hydrogen-bond acceptors (Lipinski definition) is 5. The van der Waals surface area contributed by atoms with Crippen LogP contribution in [0.15, 0.2) is 59.1 Å². The van der Waals surface area contributed by atoms with Crippen molar-refractivity contribution < 1.29 is 14.3 Å². The van der Waals surface area contributed by atoms with Crippen molar-refractivity contribution in [3.63, 3.8) is 0 Å². The van der Waals surface area contributed by atoms with Crippen LogP contribution in [0.2, 0.25) is 0 Å². The van der Waals surface area contributed by atoms with Gasteiger partial charge in [0.15, 0.2) is 11.5 Å². The zero-order chi connectivity index (χ0) is 17.9. The van der Waals surface area contributed by atoms with Gasteiger partial charge < -0.3 is 14.8 Å². The molecule has 0 fully saturated rings. The van der Waals surface area contributed by atoms with Crippen molar-refractivity contribution >= 4 is 17.7 Å². The van der Waals surface area contributed by atoms with Gasteiger partial charge in [0.2, 0.25) is 12.7 Å². The molecule has 0 bridgehead atoms. The Balaban J connectivity index is 1.63. The van der Waals surface area contributed by atoms with Gasteiger partial charge in [-0.15, -0.1) is 11.8 Å². The highest BCUT2D eigenvalue weighted by molar-refractivity contribution is 8.02. The third-order valence-corrected chi connectivity index (χ3v) is 5.47. The first-order valence-electron chi connectivity index (χ1n) is 8.25. The molecule has 1 N–H and O–H groups in total. The molecule has 130 valence electrons. The lowest BCUT2D eigenvalue weighted by atomic mass is 9.87. The van der Waals surface area contributed by atoms with Gasteiger partial charge in [-0.05, 0) is 23.3 Å². The van der Waals surface area contributed by atoms with E-state index in [0.717, 1.165) is 11.1 Å². The first-order chi connectivity index (χ1) is 12.7. The second kappa shape index (κ2) is 7.14. The summed E-state index contributed by atoms with van der Waals surface area (Å²) in [6.07, 6.45) is 0.248. The number of carbonyl (C=O) groups excluding carboxylic acids is 1. The largest absolute Gasteiger partial charge is 0.454 e. The molecule has 0 aromatic heterocycles. The molecule has 1 unspecified atom stereocenters. The van der Waals surface area contributed by atoms with Crippen molar-refractivity contribution in [3.05, 3.63) is 70.3 Å². The molecule has 2 heterocycles. The number of hydrogen-bond donors (Lipinski definition) is 1. The molecule has 26 heavy (non-hydrogen) atoms. The van der Waals surface area contributed by atoms with Crippen LogP contribution in [0.25, 0.3) is 0 Å². The van der Waals surface area contributed by atoms with Crippen LogP contribution in [0.3, 0.4) is 0 Å². The van der Waals surface area contributed by atoms with Gasteiger partial charge in [0, 0.05) is 18.1 Å². The van der Waals surface area contributed by atoms with Crippen LogP contribution in [0.5, 0.6) is 11.5 Å². The number of ether oxygens (including phenoxy) is 2. The predicted octanol–water partition coefficient (Wildman–Crippen LogP) is 3.69. The van der Waals surface area contributed by atoms with Gasteiger partial charge >= 0.3 is 0 Å². The molecule has 5 nitrogen and oxygen atoms in total. The van der Waals surface area contributed by atoms with Crippen LogP contribution >= 0.6 is 11.8 Å². The standard InChI is InChI=1S/C20H16N2O3S/c21-10-16-15(14-6-7-17-18(8-14)25-12-24-17)9-19(23)22-20(16)26-11-13-4-2-1-3-5-13/h1-8,15H,9,11-12H2,(H,22,23). The summed E-state index contributed by atoms with van der Waals surface area (Å²) in [4.78, 5) is 12.2. The van der Waals surface area contributed by atoms with E-state index in [1.807, 2.05) is 48.5 Å². The van der Waals surface area contributed by atoms with Crippen LogP contribution < -0.4 is 14.8 Å². The van der Waals surface area contributed by atoms with Crippen LogP contribution in [-0.4, -0.2) is 12.7 Å². The molecule has 1 amide bonds. The van der Waals surface area contributed by atoms with Gasteiger partial charge in [0.25, 0.3) is 0 Å². The monoisotopic (exact) mass is 364 g/mol. The van der Waals surface area contributed by atoms with Gasteiger partial charge in [-0.25, -0.2) is 0 Å². The van der Waals surface area contributed by atoms with E-state index in [0.29, 0.717) is 27.9 Å². The number of benzene rings is 2. The molecule has 2 aliphatic rings. The molecule has 0 saturated heterocycles. The first-order valence-corrected chi connectivity index (χ1v) is 9.23. The SMILES string of the molecule is N#CC1=C(SCc2ccccc2)NC(=O)CC1c1ccc2c(c1)OCO2. The summed E-state index contributed by atoms with van der Waals surface area (Å²) in [5, 5.41) is 13.2. The summed E-state index contributed by atoms with van der Waals surface area (Å²) in [6, 6.07) is 17.9. The highest BCUT2D eigenvalue weighted by atomic mass is 32.2. The third kappa shape index (κ3) is 3.26. The summed E-state index contributed by atoms with van der Waals surface area (Å²) in [6.45, 7) is 0.197. The van der Waals surface area contributed by atoms with E-state index >= 15 is 0 Å². The van der Waals surface area contributed by atoms with Gasteiger partial charge in [0.05, 0.1) is 16.7 Å². The van der Waals surface area contributed by atoms with E-state index in [4.69, 9.17) is 9.47 Å². The highest BCUT2D eigenvalue weighted by Crippen LogP contribution is 2.41. The summed E-state index contributed by atoms with van der Waals surface area (Å²) in [5.74, 6) is 1.68. The minimum Gasteiger partial charge on any atom is -0.454 e. The minimum absolute atomic E-state index is 0.0813. The zero-order valence-electron chi connectivity index (χ0n) is 13.9. The fourth-order valence-corrected chi connectivity index (χ4v) is 4.11. The van der Waals surface area contributed by atoms with Crippen LogP contribution in [0, 0.1) is 11.3 Å². The number of nitriles is 1. The van der Waals surface area contributed by atoms with Crippen molar-refractivity contribution in [2.75, 3.05) is 6.79 Å². The number of rotatable bonds is 4. The Morgan fingerprint density at radius 2 is 1.96 bits per heavy atom. The van der Waals surface area contributed by atoms with E-state index in [9.17, 15) is 10.1 Å². The van der Waals surface area contributed by atoms with Crippen molar-refractivity contribution in [1.82, 2.24) is 5.32 Å². The lowest BCUT2D eigenvalue weighted by molar-refractivity contribution is -0.120. The number of amides is 1. The molecule has 2 aromatic carbocycles. The molecular formula is C20H16N2O3S. The number of nitrogens with zero attached hydrogens (tertiary/aromatic N) is 1. The van der Waals surface area contributed by atoms with Crippen molar-refractivity contribution in [2.45, 2.75) is 18.1 Å². The number of fused-ring (bicyclic) bond motifs is 1. The Bertz CT molecular complexity index is 918. The summed E-state index contributed by atoms with van der Waals surface area (Å²) < 4.78 is 10.8. The molecule has 0 spiro atoms. The van der Waals surface area contributed by atoms with Gasteiger partial charge in [-0.2, -0.15) is 5.26 Å².